The van der Waals surface area contributed by atoms with Crippen molar-refractivity contribution in [2.75, 3.05) is 12.4 Å². The SMILES string of the molecule is CC[C@@H](C)N1C(=O)c2ccccc2N[C@@H]1c1cccc(OC)c1O. The number of phenols is 1. The van der Waals surface area contributed by atoms with E-state index in [1.165, 1.54) is 7.11 Å². The summed E-state index contributed by atoms with van der Waals surface area (Å²) in [7, 11) is 1.51. The molecule has 0 saturated carbocycles. The first-order valence-electron chi connectivity index (χ1n) is 8.12. The third-order valence-corrected chi connectivity index (χ3v) is 4.57. The van der Waals surface area contributed by atoms with Crippen LogP contribution >= 0.6 is 0 Å². The number of methoxy groups -OCH3 is 1. The lowest BCUT2D eigenvalue weighted by atomic mass is 10.00. The molecule has 0 fully saturated rings. The zero-order valence-electron chi connectivity index (χ0n) is 14.1. The van der Waals surface area contributed by atoms with Crippen LogP contribution in [0.15, 0.2) is 42.5 Å². The fraction of sp³-hybridized carbons (Fsp3) is 0.316. The summed E-state index contributed by atoms with van der Waals surface area (Å²) in [4.78, 5) is 14.8. The Hall–Kier alpha value is -2.69. The first-order chi connectivity index (χ1) is 11.6. The minimum atomic E-state index is -0.447. The molecule has 1 heterocycles. The van der Waals surface area contributed by atoms with Crippen LogP contribution in [-0.2, 0) is 0 Å². The third-order valence-electron chi connectivity index (χ3n) is 4.57. The number of hydrogen-bond acceptors (Lipinski definition) is 4. The number of nitrogens with zero attached hydrogens (tertiary/aromatic N) is 1. The Labute approximate surface area is 141 Å². The number of rotatable bonds is 4. The predicted octanol–water partition coefficient (Wildman–Crippen LogP) is 3.77. The molecule has 5 nitrogen and oxygen atoms in total. The normalized spacial score (nSPS) is 17.9. The Balaban J connectivity index is 2.13. The van der Waals surface area contributed by atoms with Gasteiger partial charge in [-0.3, -0.25) is 4.79 Å². The number of anilines is 1. The number of fused-ring (bicyclic) bond motifs is 1. The smallest absolute Gasteiger partial charge is 0.258 e. The van der Waals surface area contributed by atoms with E-state index < -0.39 is 6.17 Å². The predicted molar refractivity (Wildman–Crippen MR) is 93.4 cm³/mol. The van der Waals surface area contributed by atoms with Crippen LogP contribution in [-0.4, -0.2) is 29.1 Å². The van der Waals surface area contributed by atoms with Gasteiger partial charge >= 0.3 is 0 Å². The van der Waals surface area contributed by atoms with E-state index in [9.17, 15) is 9.90 Å². The summed E-state index contributed by atoms with van der Waals surface area (Å²) in [6, 6.07) is 12.8. The minimum Gasteiger partial charge on any atom is -0.504 e. The van der Waals surface area contributed by atoms with Gasteiger partial charge in [-0.05, 0) is 31.5 Å². The van der Waals surface area contributed by atoms with Crippen molar-refractivity contribution in [3.8, 4) is 11.5 Å². The van der Waals surface area contributed by atoms with Gasteiger partial charge in [-0.2, -0.15) is 0 Å². The van der Waals surface area contributed by atoms with Crippen LogP contribution in [0.4, 0.5) is 5.69 Å². The van der Waals surface area contributed by atoms with Gasteiger partial charge < -0.3 is 20.1 Å². The van der Waals surface area contributed by atoms with Gasteiger partial charge in [0.1, 0.15) is 6.17 Å². The molecule has 2 aromatic carbocycles. The second kappa shape index (κ2) is 6.43. The molecule has 1 aliphatic heterocycles. The minimum absolute atomic E-state index is 0.0222. The summed E-state index contributed by atoms with van der Waals surface area (Å²) >= 11 is 0. The molecule has 3 rings (SSSR count). The maximum absolute atomic E-state index is 13.0. The molecule has 5 heteroatoms. The third kappa shape index (κ3) is 2.56. The summed E-state index contributed by atoms with van der Waals surface area (Å²) in [6.45, 7) is 4.05. The maximum atomic E-state index is 13.0. The zero-order valence-corrected chi connectivity index (χ0v) is 14.1. The molecule has 0 aliphatic carbocycles. The number of nitrogens with one attached hydrogen (secondary N) is 1. The van der Waals surface area contributed by atoms with E-state index >= 15 is 0 Å². The van der Waals surface area contributed by atoms with Crippen molar-refractivity contribution in [2.45, 2.75) is 32.5 Å². The number of ether oxygens (including phenoxy) is 1. The van der Waals surface area contributed by atoms with Gasteiger partial charge in [-0.25, -0.2) is 0 Å². The monoisotopic (exact) mass is 326 g/mol. The van der Waals surface area contributed by atoms with Crippen molar-refractivity contribution in [1.82, 2.24) is 4.90 Å². The fourth-order valence-electron chi connectivity index (χ4n) is 3.07. The molecule has 0 radical (unpaired) electrons. The summed E-state index contributed by atoms with van der Waals surface area (Å²) in [6.07, 6.45) is 0.369. The highest BCUT2D eigenvalue weighted by molar-refractivity contribution is 6.02. The second-order valence-corrected chi connectivity index (χ2v) is 5.96. The number of amides is 1. The molecule has 0 saturated heterocycles. The van der Waals surface area contributed by atoms with E-state index in [0.717, 1.165) is 12.1 Å². The average molecular weight is 326 g/mol. The van der Waals surface area contributed by atoms with Crippen LogP contribution in [0.5, 0.6) is 11.5 Å². The molecule has 1 amide bonds. The molecule has 0 unspecified atom stereocenters. The first-order valence-corrected chi connectivity index (χ1v) is 8.12. The summed E-state index contributed by atoms with van der Waals surface area (Å²) in [5, 5.41) is 13.9. The Bertz CT molecular complexity index is 760. The molecule has 126 valence electrons. The van der Waals surface area contributed by atoms with Crippen LogP contribution in [0.1, 0.15) is 42.4 Å². The van der Waals surface area contributed by atoms with E-state index in [2.05, 4.69) is 5.32 Å². The van der Waals surface area contributed by atoms with Gasteiger partial charge in [0, 0.05) is 17.3 Å². The number of aromatic hydroxyl groups is 1. The van der Waals surface area contributed by atoms with E-state index in [4.69, 9.17) is 4.74 Å². The van der Waals surface area contributed by atoms with Gasteiger partial charge in [0.2, 0.25) is 0 Å². The molecule has 2 atom stereocenters. The lowest BCUT2D eigenvalue weighted by Crippen LogP contribution is -2.47. The molecular formula is C19H22N2O3. The molecule has 0 aromatic heterocycles. The van der Waals surface area contributed by atoms with Crippen molar-refractivity contribution in [3.05, 3.63) is 53.6 Å². The van der Waals surface area contributed by atoms with Crippen molar-refractivity contribution in [3.63, 3.8) is 0 Å². The lowest BCUT2D eigenvalue weighted by Gasteiger charge is -2.41. The number of para-hydroxylation sites is 2. The van der Waals surface area contributed by atoms with Gasteiger partial charge in [-0.15, -0.1) is 0 Å². The van der Waals surface area contributed by atoms with E-state index in [0.29, 0.717) is 16.9 Å². The molecule has 0 spiro atoms. The van der Waals surface area contributed by atoms with E-state index in [1.54, 1.807) is 11.0 Å². The van der Waals surface area contributed by atoms with E-state index in [-0.39, 0.29) is 17.7 Å². The molecule has 24 heavy (non-hydrogen) atoms. The van der Waals surface area contributed by atoms with Crippen LogP contribution in [0.3, 0.4) is 0 Å². The highest BCUT2D eigenvalue weighted by atomic mass is 16.5. The molecule has 2 aromatic rings. The quantitative estimate of drug-likeness (QED) is 0.898. The standard InChI is InChI=1S/C19H22N2O3/c1-4-12(2)21-18(14-9-7-11-16(24-3)17(14)22)20-15-10-6-5-8-13(15)19(21)23/h5-12,18,20,22H,4H2,1-3H3/t12-,18+/m1/s1. The van der Waals surface area contributed by atoms with Crippen LogP contribution in [0.2, 0.25) is 0 Å². The van der Waals surface area contributed by atoms with Crippen LogP contribution in [0.25, 0.3) is 0 Å². The number of carbonyl (C=O) groups excluding carboxylic acids is 1. The number of benzene rings is 2. The number of phenolic OH excluding ortho intramolecular Hbond substituents is 1. The Morgan fingerprint density at radius 2 is 2.00 bits per heavy atom. The zero-order chi connectivity index (χ0) is 17.3. The number of carbonyl (C=O) groups is 1. The van der Waals surface area contributed by atoms with E-state index in [1.807, 2.05) is 50.2 Å². The summed E-state index contributed by atoms with van der Waals surface area (Å²) in [5.41, 5.74) is 2.04. The highest BCUT2D eigenvalue weighted by Gasteiger charge is 2.36. The van der Waals surface area contributed by atoms with Crippen molar-refractivity contribution in [1.29, 1.82) is 0 Å². The van der Waals surface area contributed by atoms with Crippen molar-refractivity contribution < 1.29 is 14.6 Å². The Morgan fingerprint density at radius 3 is 2.71 bits per heavy atom. The van der Waals surface area contributed by atoms with Gasteiger partial charge in [0.15, 0.2) is 11.5 Å². The Kier molecular flexibility index (Phi) is 4.34. The van der Waals surface area contributed by atoms with Crippen molar-refractivity contribution in [2.24, 2.45) is 0 Å². The average Bonchev–Trinajstić information content (AvgIpc) is 2.61. The summed E-state index contributed by atoms with van der Waals surface area (Å²) < 4.78 is 5.21. The Morgan fingerprint density at radius 1 is 1.25 bits per heavy atom. The topological polar surface area (TPSA) is 61.8 Å². The highest BCUT2D eigenvalue weighted by Crippen LogP contribution is 2.41. The lowest BCUT2D eigenvalue weighted by molar-refractivity contribution is 0.0591. The van der Waals surface area contributed by atoms with Gasteiger partial charge in [-0.1, -0.05) is 31.2 Å². The fourth-order valence-corrected chi connectivity index (χ4v) is 3.07. The molecule has 1 aliphatic rings. The largest absolute Gasteiger partial charge is 0.504 e. The van der Waals surface area contributed by atoms with Crippen molar-refractivity contribution >= 4 is 11.6 Å². The molecule has 2 N–H and O–H groups in total. The first kappa shape index (κ1) is 16.2. The van der Waals surface area contributed by atoms with Gasteiger partial charge in [0.25, 0.3) is 5.91 Å². The molecule has 0 bridgehead atoms. The van der Waals surface area contributed by atoms with Crippen LogP contribution < -0.4 is 10.1 Å². The van der Waals surface area contributed by atoms with Crippen LogP contribution in [0, 0.1) is 0 Å². The second-order valence-electron chi connectivity index (χ2n) is 5.96. The summed E-state index contributed by atoms with van der Waals surface area (Å²) in [5.74, 6) is 0.411. The molecular weight excluding hydrogens is 304 g/mol. The van der Waals surface area contributed by atoms with Gasteiger partial charge in [0.05, 0.1) is 12.7 Å². The number of hydrogen-bond donors (Lipinski definition) is 2. The maximum Gasteiger partial charge on any atom is 0.258 e.